The van der Waals surface area contributed by atoms with E-state index in [9.17, 15) is 15.2 Å². The summed E-state index contributed by atoms with van der Waals surface area (Å²) in [4.78, 5) is 17.2. The number of aromatic nitrogens is 1. The van der Waals surface area contributed by atoms with Gasteiger partial charge in [0.1, 0.15) is 11.6 Å². The Morgan fingerprint density at radius 2 is 1.86 bits per heavy atom. The summed E-state index contributed by atoms with van der Waals surface area (Å²) in [5, 5.41) is 21.2. The van der Waals surface area contributed by atoms with E-state index in [-0.39, 0.29) is 17.0 Å². The summed E-state index contributed by atoms with van der Waals surface area (Å²) in [7, 11) is 0. The molecule has 0 radical (unpaired) electrons. The monoisotopic (exact) mass is 425 g/mol. The van der Waals surface area contributed by atoms with Crippen LogP contribution in [0.2, 0.25) is 10.0 Å². The maximum absolute atomic E-state index is 12.9. The Bertz CT molecular complexity index is 1200. The van der Waals surface area contributed by atoms with Crippen LogP contribution in [0.3, 0.4) is 0 Å². The molecule has 3 aromatic rings. The van der Waals surface area contributed by atoms with Crippen molar-refractivity contribution in [3.8, 4) is 11.9 Å². The lowest BCUT2D eigenvalue weighted by Gasteiger charge is -2.20. The molecule has 2 aromatic carbocycles. The molecule has 0 amide bonds. The van der Waals surface area contributed by atoms with Gasteiger partial charge in [-0.05, 0) is 43.2 Å². The number of aliphatic imine (C=N–C) groups is 1. The van der Waals surface area contributed by atoms with Gasteiger partial charge in [0, 0.05) is 6.21 Å². The summed E-state index contributed by atoms with van der Waals surface area (Å²) in [6.07, 6.45) is 1.42. The first-order valence-corrected chi connectivity index (χ1v) is 9.53. The van der Waals surface area contributed by atoms with Crippen LogP contribution in [0.1, 0.15) is 35.2 Å². The van der Waals surface area contributed by atoms with Crippen LogP contribution in [0.5, 0.6) is 5.88 Å². The van der Waals surface area contributed by atoms with Crippen molar-refractivity contribution in [2.75, 3.05) is 0 Å². The third-order valence-corrected chi connectivity index (χ3v) is 5.45. The number of nitriles is 1. The largest absolute Gasteiger partial charge is 0.494 e. The van der Waals surface area contributed by atoms with E-state index in [0.29, 0.717) is 21.3 Å². The number of rotatable bonds is 4. The molecule has 1 aromatic heterocycles. The van der Waals surface area contributed by atoms with Gasteiger partial charge in [0.05, 0.1) is 27.3 Å². The molecule has 0 aliphatic heterocycles. The van der Waals surface area contributed by atoms with Gasteiger partial charge in [-0.1, -0.05) is 53.5 Å². The quantitative estimate of drug-likeness (QED) is 0.568. The fourth-order valence-corrected chi connectivity index (χ4v) is 3.33. The second-order valence-corrected chi connectivity index (χ2v) is 7.28. The first-order chi connectivity index (χ1) is 13.8. The Labute approximate surface area is 178 Å². The molecule has 0 aliphatic carbocycles. The number of hydrogen-bond donors (Lipinski definition) is 1. The number of nitrogens with zero attached hydrogens (tertiary/aromatic N) is 3. The number of hydrogen-bond acceptors (Lipinski definition) is 4. The fourth-order valence-electron chi connectivity index (χ4n) is 3.04. The lowest BCUT2D eigenvalue weighted by atomic mass is 10.0. The topological polar surface area (TPSA) is 78.4 Å². The van der Waals surface area contributed by atoms with E-state index in [4.69, 9.17) is 23.2 Å². The molecule has 29 heavy (non-hydrogen) atoms. The Hall–Kier alpha value is -3.07. The summed E-state index contributed by atoms with van der Waals surface area (Å²) in [6, 6.07) is 15.6. The average Bonchev–Trinajstić information content (AvgIpc) is 2.71. The molecular weight excluding hydrogens is 409 g/mol. The van der Waals surface area contributed by atoms with Crippen molar-refractivity contribution in [2.45, 2.75) is 19.9 Å². The van der Waals surface area contributed by atoms with Crippen LogP contribution in [-0.4, -0.2) is 15.9 Å². The first kappa shape index (κ1) is 20.7. The molecular formula is C22H17Cl2N3O2. The van der Waals surface area contributed by atoms with E-state index in [1.165, 1.54) is 10.8 Å². The van der Waals surface area contributed by atoms with E-state index in [0.717, 1.165) is 5.56 Å². The van der Waals surface area contributed by atoms with Gasteiger partial charge < -0.3 is 5.11 Å². The zero-order valence-corrected chi connectivity index (χ0v) is 17.2. The van der Waals surface area contributed by atoms with Crippen molar-refractivity contribution < 1.29 is 5.11 Å². The van der Waals surface area contributed by atoms with Gasteiger partial charge >= 0.3 is 0 Å². The Balaban J connectivity index is 2.17. The summed E-state index contributed by atoms with van der Waals surface area (Å²) in [5.74, 6) is -0.258. The highest BCUT2D eigenvalue weighted by atomic mass is 35.5. The molecule has 0 saturated heterocycles. The highest BCUT2D eigenvalue weighted by Gasteiger charge is 2.22. The van der Waals surface area contributed by atoms with E-state index >= 15 is 0 Å². The molecule has 1 N–H and O–H groups in total. The molecule has 0 aliphatic rings. The first-order valence-electron chi connectivity index (χ1n) is 8.77. The summed E-state index contributed by atoms with van der Waals surface area (Å²) >= 11 is 11.9. The summed E-state index contributed by atoms with van der Waals surface area (Å²) in [6.45, 7) is 3.39. The zero-order valence-electron chi connectivity index (χ0n) is 15.7. The predicted octanol–water partition coefficient (Wildman–Crippen LogP) is 5.40. The zero-order chi connectivity index (χ0) is 21.1. The molecule has 3 rings (SSSR count). The van der Waals surface area contributed by atoms with E-state index < -0.39 is 11.6 Å². The maximum Gasteiger partial charge on any atom is 0.272 e. The third-order valence-electron chi connectivity index (χ3n) is 4.71. The number of benzene rings is 2. The van der Waals surface area contributed by atoms with E-state index in [2.05, 4.69) is 4.99 Å². The minimum atomic E-state index is -0.550. The Kier molecular flexibility index (Phi) is 6.07. The van der Waals surface area contributed by atoms with Crippen molar-refractivity contribution in [1.82, 2.24) is 4.57 Å². The van der Waals surface area contributed by atoms with Crippen molar-refractivity contribution in [3.05, 3.63) is 91.2 Å². The van der Waals surface area contributed by atoms with Crippen LogP contribution in [-0.2, 0) is 0 Å². The number of pyridine rings is 1. The highest BCUT2D eigenvalue weighted by molar-refractivity contribution is 6.42. The van der Waals surface area contributed by atoms with Gasteiger partial charge in [0.2, 0.25) is 5.88 Å². The standard InChI is InChI=1S/C22H17Cl2N3O2/c1-13-17(11-25)21(28)27(14(2)15-6-4-3-5-7-15)22(29)18(13)12-26-16-8-9-19(23)20(24)10-16/h3-10,12,14,29H,1-2H3. The van der Waals surface area contributed by atoms with Gasteiger partial charge in [-0.3, -0.25) is 14.4 Å². The lowest BCUT2D eigenvalue weighted by Crippen LogP contribution is -2.28. The van der Waals surface area contributed by atoms with Crippen LogP contribution >= 0.6 is 23.2 Å². The highest BCUT2D eigenvalue weighted by Crippen LogP contribution is 2.29. The van der Waals surface area contributed by atoms with Gasteiger partial charge in [-0.2, -0.15) is 5.26 Å². The average molecular weight is 426 g/mol. The van der Waals surface area contributed by atoms with Crippen molar-refractivity contribution >= 4 is 35.1 Å². The summed E-state index contributed by atoms with van der Waals surface area (Å²) in [5.41, 5.74) is 1.40. The molecule has 1 unspecified atom stereocenters. The molecule has 5 nitrogen and oxygen atoms in total. The predicted molar refractivity (Wildman–Crippen MR) is 116 cm³/mol. The summed E-state index contributed by atoms with van der Waals surface area (Å²) < 4.78 is 1.21. The van der Waals surface area contributed by atoms with Crippen molar-refractivity contribution in [3.63, 3.8) is 0 Å². The van der Waals surface area contributed by atoms with Crippen molar-refractivity contribution in [1.29, 1.82) is 5.26 Å². The van der Waals surface area contributed by atoms with Gasteiger partial charge in [0.15, 0.2) is 0 Å². The third kappa shape index (κ3) is 4.04. The van der Waals surface area contributed by atoms with Crippen LogP contribution in [0.15, 0.2) is 58.3 Å². The molecule has 1 atom stereocenters. The van der Waals surface area contributed by atoms with Crippen LogP contribution in [0, 0.1) is 18.3 Å². The molecule has 7 heteroatoms. The van der Waals surface area contributed by atoms with Crippen LogP contribution in [0.25, 0.3) is 0 Å². The lowest BCUT2D eigenvalue weighted by molar-refractivity contribution is 0.393. The van der Waals surface area contributed by atoms with Crippen LogP contribution in [0.4, 0.5) is 5.69 Å². The van der Waals surface area contributed by atoms with Gasteiger partial charge in [0.25, 0.3) is 5.56 Å². The van der Waals surface area contributed by atoms with Gasteiger partial charge in [-0.25, -0.2) is 0 Å². The van der Waals surface area contributed by atoms with E-state index in [1.807, 2.05) is 36.4 Å². The second kappa shape index (κ2) is 8.52. The maximum atomic E-state index is 12.9. The Morgan fingerprint density at radius 1 is 1.17 bits per heavy atom. The molecule has 0 saturated carbocycles. The molecule has 0 fully saturated rings. The fraction of sp³-hybridized carbons (Fsp3) is 0.136. The normalized spacial score (nSPS) is 12.1. The van der Waals surface area contributed by atoms with Crippen LogP contribution < -0.4 is 5.56 Å². The molecule has 1 heterocycles. The molecule has 0 spiro atoms. The smallest absolute Gasteiger partial charge is 0.272 e. The number of aromatic hydroxyl groups is 1. The van der Waals surface area contributed by atoms with Crippen molar-refractivity contribution in [2.24, 2.45) is 4.99 Å². The molecule has 146 valence electrons. The van der Waals surface area contributed by atoms with E-state index in [1.54, 1.807) is 32.0 Å². The minimum Gasteiger partial charge on any atom is -0.494 e. The molecule has 0 bridgehead atoms. The Morgan fingerprint density at radius 3 is 2.48 bits per heavy atom. The number of halogens is 2. The minimum absolute atomic E-state index is 0.0406. The van der Waals surface area contributed by atoms with Gasteiger partial charge in [-0.15, -0.1) is 0 Å². The second-order valence-electron chi connectivity index (χ2n) is 6.47. The SMILES string of the molecule is Cc1c(C=Nc2ccc(Cl)c(Cl)c2)c(O)n(C(C)c2ccccc2)c(=O)c1C#N.